The fourth-order valence-electron chi connectivity index (χ4n) is 4.04. The smallest absolute Gasteiger partial charge is 0.204 e. The average molecular weight is 477 g/mol. The van der Waals surface area contributed by atoms with E-state index in [2.05, 4.69) is 25.8 Å². The molecule has 0 bridgehead atoms. The van der Waals surface area contributed by atoms with Crippen molar-refractivity contribution in [2.75, 3.05) is 33.4 Å². The molecule has 1 aliphatic carbocycles. The Bertz CT molecular complexity index is 1220. The normalized spacial score (nSPS) is 18.4. The predicted molar refractivity (Wildman–Crippen MR) is 131 cm³/mol. The van der Waals surface area contributed by atoms with Gasteiger partial charge in [0, 0.05) is 24.1 Å². The Hall–Kier alpha value is -3.77. The minimum absolute atomic E-state index is 0.0554. The fraction of sp³-hybridized carbons (Fsp3) is 0.423. The first kappa shape index (κ1) is 24.4. The van der Waals surface area contributed by atoms with Gasteiger partial charge in [-0.3, -0.25) is 9.59 Å². The molecular formula is C26H28N4O5. The minimum Gasteiger partial charge on any atom is -0.493 e. The van der Waals surface area contributed by atoms with Gasteiger partial charge < -0.3 is 19.1 Å². The summed E-state index contributed by atoms with van der Waals surface area (Å²) in [4.78, 5) is 40.4. The highest BCUT2D eigenvalue weighted by atomic mass is 16.5. The number of carbonyl (C=O) groups excluding carboxylic acids is 2. The Morgan fingerprint density at radius 3 is 2.74 bits per heavy atom. The Morgan fingerprint density at radius 1 is 1.20 bits per heavy atom. The van der Waals surface area contributed by atoms with Crippen LogP contribution in [0.3, 0.4) is 0 Å². The number of ether oxygens (including phenoxy) is 3. The van der Waals surface area contributed by atoms with E-state index in [1.807, 2.05) is 0 Å². The van der Waals surface area contributed by atoms with Crippen LogP contribution in [0.2, 0.25) is 0 Å². The topological polar surface area (TPSA) is 103 Å². The fourth-order valence-corrected chi connectivity index (χ4v) is 4.04. The van der Waals surface area contributed by atoms with Crippen molar-refractivity contribution < 1.29 is 23.8 Å². The van der Waals surface area contributed by atoms with Crippen LogP contribution < -0.4 is 9.47 Å². The van der Waals surface area contributed by atoms with Crippen LogP contribution in [0.5, 0.6) is 11.5 Å². The van der Waals surface area contributed by atoms with Gasteiger partial charge in [0.15, 0.2) is 29.2 Å². The number of allylic oxidation sites excluding steroid dienone is 2. The SMILES string of the molecule is C#CC(C)OC1=CC(=O)C(=Nc2ncnc3cc(OCCCN4CCCC4)c(OC)cc23)CC1=O. The third-order valence-electron chi connectivity index (χ3n) is 5.90. The summed E-state index contributed by atoms with van der Waals surface area (Å²) in [6.45, 7) is 5.50. The largest absolute Gasteiger partial charge is 0.493 e. The molecule has 0 N–H and O–H groups in total. The molecular weight excluding hydrogens is 448 g/mol. The van der Waals surface area contributed by atoms with E-state index in [9.17, 15) is 9.59 Å². The molecule has 2 aromatic rings. The van der Waals surface area contributed by atoms with Crippen LogP contribution in [0.4, 0.5) is 5.82 Å². The zero-order chi connectivity index (χ0) is 24.8. The monoisotopic (exact) mass is 476 g/mol. The molecule has 1 saturated heterocycles. The summed E-state index contributed by atoms with van der Waals surface area (Å²) in [5.74, 6) is 2.87. The number of hydrogen-bond acceptors (Lipinski definition) is 9. The molecule has 1 aliphatic heterocycles. The highest BCUT2D eigenvalue weighted by Crippen LogP contribution is 2.35. The summed E-state index contributed by atoms with van der Waals surface area (Å²) in [5.41, 5.74) is 0.656. The van der Waals surface area contributed by atoms with Crippen LogP contribution in [-0.4, -0.2) is 71.6 Å². The highest BCUT2D eigenvalue weighted by molar-refractivity contribution is 6.50. The lowest BCUT2D eigenvalue weighted by Gasteiger charge is -2.16. The lowest BCUT2D eigenvalue weighted by atomic mass is 10.0. The average Bonchev–Trinajstić information content (AvgIpc) is 3.38. The molecule has 1 aromatic carbocycles. The number of rotatable bonds is 9. The molecule has 0 radical (unpaired) electrons. The number of aromatic nitrogens is 2. The van der Waals surface area contributed by atoms with E-state index in [1.54, 1.807) is 26.2 Å². The van der Waals surface area contributed by atoms with Gasteiger partial charge in [-0.1, -0.05) is 5.92 Å². The van der Waals surface area contributed by atoms with Gasteiger partial charge in [0.25, 0.3) is 0 Å². The van der Waals surface area contributed by atoms with Crippen molar-refractivity contribution in [2.45, 2.75) is 38.7 Å². The molecule has 2 heterocycles. The van der Waals surface area contributed by atoms with Crippen molar-refractivity contribution >= 4 is 34.0 Å². The van der Waals surface area contributed by atoms with Gasteiger partial charge in [-0.05, 0) is 45.3 Å². The Morgan fingerprint density at radius 2 is 2.00 bits per heavy atom. The summed E-state index contributed by atoms with van der Waals surface area (Å²) >= 11 is 0. The number of hydrogen-bond donors (Lipinski definition) is 0. The van der Waals surface area contributed by atoms with Crippen LogP contribution in [0.25, 0.3) is 10.9 Å². The molecule has 1 fully saturated rings. The molecule has 0 amide bonds. The maximum absolute atomic E-state index is 12.6. The van der Waals surface area contributed by atoms with Crippen molar-refractivity contribution in [3.63, 3.8) is 0 Å². The van der Waals surface area contributed by atoms with E-state index in [0.717, 1.165) is 32.1 Å². The molecule has 2 aliphatic rings. The molecule has 9 nitrogen and oxygen atoms in total. The summed E-state index contributed by atoms with van der Waals surface area (Å²) in [7, 11) is 1.56. The Balaban J connectivity index is 1.54. The summed E-state index contributed by atoms with van der Waals surface area (Å²) in [5, 5.41) is 0.577. The van der Waals surface area contributed by atoms with Crippen molar-refractivity contribution in [1.82, 2.24) is 14.9 Å². The maximum atomic E-state index is 12.6. The van der Waals surface area contributed by atoms with E-state index in [-0.39, 0.29) is 29.5 Å². The third kappa shape index (κ3) is 5.84. The van der Waals surface area contributed by atoms with E-state index in [0.29, 0.717) is 29.0 Å². The van der Waals surface area contributed by atoms with Gasteiger partial charge in [0.2, 0.25) is 11.6 Å². The standard InChI is InChI=1S/C26H28N4O5/c1-4-17(2)35-23-15-21(31)20(13-22(23)32)29-26-18-12-24(33-3)25(14-19(18)27-16-28-26)34-11-7-10-30-8-5-6-9-30/h1,12,14-17H,5-11,13H2,2-3H3. The van der Waals surface area contributed by atoms with Crippen molar-refractivity contribution in [1.29, 1.82) is 0 Å². The molecule has 4 rings (SSSR count). The van der Waals surface area contributed by atoms with Crippen LogP contribution in [0, 0.1) is 12.3 Å². The quantitative estimate of drug-likeness (QED) is 0.402. The van der Waals surface area contributed by atoms with E-state index in [1.165, 1.54) is 19.2 Å². The molecule has 182 valence electrons. The molecule has 0 saturated carbocycles. The van der Waals surface area contributed by atoms with Gasteiger partial charge in [-0.2, -0.15) is 0 Å². The summed E-state index contributed by atoms with van der Waals surface area (Å²) < 4.78 is 16.9. The second kappa shape index (κ2) is 11.1. The number of carbonyl (C=O) groups is 2. The van der Waals surface area contributed by atoms with Crippen LogP contribution in [-0.2, 0) is 14.3 Å². The number of nitrogens with zero attached hydrogens (tertiary/aromatic N) is 4. The van der Waals surface area contributed by atoms with Crippen molar-refractivity contribution in [3.05, 3.63) is 30.3 Å². The molecule has 1 atom stereocenters. The number of methoxy groups -OCH3 is 1. The summed E-state index contributed by atoms with van der Waals surface area (Å²) in [6, 6.07) is 3.51. The Labute approximate surface area is 204 Å². The molecule has 1 aromatic heterocycles. The number of ketones is 2. The number of benzene rings is 1. The first-order valence-corrected chi connectivity index (χ1v) is 11.7. The Kier molecular flexibility index (Phi) is 7.73. The summed E-state index contributed by atoms with van der Waals surface area (Å²) in [6.07, 6.45) is 10.4. The molecule has 0 spiro atoms. The van der Waals surface area contributed by atoms with E-state index >= 15 is 0 Å². The minimum atomic E-state index is -0.619. The second-order valence-corrected chi connectivity index (χ2v) is 8.43. The number of aliphatic imine (C=N–C) groups is 1. The van der Waals surface area contributed by atoms with E-state index < -0.39 is 11.9 Å². The van der Waals surface area contributed by atoms with Gasteiger partial charge in [-0.15, -0.1) is 6.42 Å². The number of Topliss-reactive ketones (excluding diaryl/α,β-unsaturated/α-hetero) is 1. The number of likely N-dealkylation sites (tertiary alicyclic amines) is 1. The van der Waals surface area contributed by atoms with Gasteiger partial charge in [-0.25, -0.2) is 15.0 Å². The zero-order valence-corrected chi connectivity index (χ0v) is 20.0. The van der Waals surface area contributed by atoms with Crippen LogP contribution in [0.1, 0.15) is 32.6 Å². The van der Waals surface area contributed by atoms with Crippen LogP contribution >= 0.6 is 0 Å². The number of terminal acetylenes is 1. The second-order valence-electron chi connectivity index (χ2n) is 8.43. The van der Waals surface area contributed by atoms with Gasteiger partial charge in [0.05, 0.1) is 31.4 Å². The number of fused-ring (bicyclic) bond motifs is 1. The maximum Gasteiger partial charge on any atom is 0.204 e. The van der Waals surface area contributed by atoms with Crippen molar-refractivity contribution in [3.8, 4) is 23.8 Å². The van der Waals surface area contributed by atoms with Crippen LogP contribution in [0.15, 0.2) is 35.3 Å². The lowest BCUT2D eigenvalue weighted by Crippen LogP contribution is -2.26. The van der Waals surface area contributed by atoms with Crippen molar-refractivity contribution in [2.24, 2.45) is 4.99 Å². The molecule has 1 unspecified atom stereocenters. The van der Waals surface area contributed by atoms with E-state index in [4.69, 9.17) is 20.6 Å². The third-order valence-corrected chi connectivity index (χ3v) is 5.90. The molecule has 35 heavy (non-hydrogen) atoms. The van der Waals surface area contributed by atoms with Gasteiger partial charge >= 0.3 is 0 Å². The zero-order valence-electron chi connectivity index (χ0n) is 20.0. The predicted octanol–water partition coefficient (Wildman–Crippen LogP) is 3.04. The van der Waals surface area contributed by atoms with Gasteiger partial charge in [0.1, 0.15) is 6.33 Å². The molecule has 9 heteroatoms. The highest BCUT2D eigenvalue weighted by Gasteiger charge is 2.27. The first-order valence-electron chi connectivity index (χ1n) is 11.7. The lowest BCUT2D eigenvalue weighted by molar-refractivity contribution is -0.120. The first-order chi connectivity index (χ1) is 17.0.